The van der Waals surface area contributed by atoms with E-state index in [1.54, 1.807) is 0 Å². The molecule has 114 valence electrons. The van der Waals surface area contributed by atoms with E-state index in [1.807, 2.05) is 12.1 Å². The molecule has 3 atom stereocenters. The lowest BCUT2D eigenvalue weighted by molar-refractivity contribution is -0.123. The molecular weight excluding hydrogens is 264 g/mol. The molecule has 3 rings (SSSR count). The van der Waals surface area contributed by atoms with Crippen LogP contribution in [0.25, 0.3) is 0 Å². The van der Waals surface area contributed by atoms with Crippen LogP contribution in [-0.4, -0.2) is 30.2 Å². The number of carbonyl (C=O) groups is 1. The smallest absolute Gasteiger partial charge is 0.228 e. The van der Waals surface area contributed by atoms with Crippen LogP contribution < -0.4 is 10.6 Å². The van der Waals surface area contributed by atoms with Crippen LogP contribution >= 0.6 is 0 Å². The Hall–Kier alpha value is -1.39. The molecule has 3 N–H and O–H groups in total. The van der Waals surface area contributed by atoms with Gasteiger partial charge >= 0.3 is 0 Å². The van der Waals surface area contributed by atoms with Gasteiger partial charge in [-0.1, -0.05) is 37.1 Å². The van der Waals surface area contributed by atoms with Gasteiger partial charge in [-0.25, -0.2) is 0 Å². The van der Waals surface area contributed by atoms with Crippen molar-refractivity contribution >= 4 is 5.91 Å². The molecule has 1 aliphatic heterocycles. The molecule has 0 radical (unpaired) electrons. The van der Waals surface area contributed by atoms with Crippen LogP contribution in [0.15, 0.2) is 24.3 Å². The summed E-state index contributed by atoms with van der Waals surface area (Å²) in [7, 11) is 0. The van der Waals surface area contributed by atoms with Crippen molar-refractivity contribution in [3.05, 3.63) is 35.4 Å². The normalized spacial score (nSPS) is 28.7. The summed E-state index contributed by atoms with van der Waals surface area (Å²) in [6.45, 7) is 2.12. The highest BCUT2D eigenvalue weighted by Crippen LogP contribution is 2.26. The number of rotatable bonds is 3. The minimum absolute atomic E-state index is 0.0763. The van der Waals surface area contributed by atoms with Crippen LogP contribution in [0.3, 0.4) is 0 Å². The summed E-state index contributed by atoms with van der Waals surface area (Å²) in [5.74, 6) is 0.178. The van der Waals surface area contributed by atoms with Crippen molar-refractivity contribution in [3.8, 4) is 0 Å². The number of aliphatic hydroxyl groups is 1. The molecule has 1 heterocycles. The van der Waals surface area contributed by atoms with E-state index >= 15 is 0 Å². The molecule has 0 spiro atoms. The van der Waals surface area contributed by atoms with Crippen LogP contribution in [-0.2, 0) is 11.3 Å². The van der Waals surface area contributed by atoms with Crippen molar-refractivity contribution < 1.29 is 9.90 Å². The van der Waals surface area contributed by atoms with Crippen LogP contribution in [0, 0.1) is 5.92 Å². The number of benzene rings is 1. The van der Waals surface area contributed by atoms with Crippen LogP contribution in [0.5, 0.6) is 0 Å². The monoisotopic (exact) mass is 288 g/mol. The van der Waals surface area contributed by atoms with Crippen molar-refractivity contribution in [3.63, 3.8) is 0 Å². The van der Waals surface area contributed by atoms with Gasteiger partial charge in [-0.05, 0) is 24.0 Å². The maximum absolute atomic E-state index is 12.5. The molecule has 3 unspecified atom stereocenters. The third-order valence-electron chi connectivity index (χ3n) is 4.82. The quantitative estimate of drug-likeness (QED) is 0.790. The topological polar surface area (TPSA) is 61.4 Å². The average molecular weight is 288 g/mol. The Labute approximate surface area is 125 Å². The average Bonchev–Trinajstić information content (AvgIpc) is 2.53. The third kappa shape index (κ3) is 3.27. The molecule has 1 fully saturated rings. The molecular formula is C17H24N2O2. The van der Waals surface area contributed by atoms with Crippen LogP contribution in [0.2, 0.25) is 0 Å². The number of amides is 1. The maximum Gasteiger partial charge on any atom is 0.228 e. The van der Waals surface area contributed by atoms with E-state index in [9.17, 15) is 9.90 Å². The second-order valence-electron chi connectivity index (χ2n) is 6.24. The van der Waals surface area contributed by atoms with Crippen molar-refractivity contribution in [2.75, 3.05) is 13.1 Å². The van der Waals surface area contributed by atoms with Crippen molar-refractivity contribution in [1.29, 1.82) is 0 Å². The summed E-state index contributed by atoms with van der Waals surface area (Å²) in [5, 5.41) is 16.3. The lowest BCUT2D eigenvalue weighted by atomic mass is 9.86. The zero-order valence-electron chi connectivity index (χ0n) is 12.3. The van der Waals surface area contributed by atoms with Crippen LogP contribution in [0.1, 0.15) is 42.7 Å². The summed E-state index contributed by atoms with van der Waals surface area (Å²) >= 11 is 0. The number of fused-ring (bicyclic) bond motifs is 1. The molecule has 4 nitrogen and oxygen atoms in total. The van der Waals surface area contributed by atoms with Gasteiger partial charge in [-0.15, -0.1) is 0 Å². The first-order chi connectivity index (χ1) is 10.3. The zero-order valence-corrected chi connectivity index (χ0v) is 12.3. The zero-order chi connectivity index (χ0) is 14.7. The third-order valence-corrected chi connectivity index (χ3v) is 4.82. The summed E-state index contributed by atoms with van der Waals surface area (Å²) in [6.07, 6.45) is 3.89. The predicted octanol–water partition coefficient (Wildman–Crippen LogP) is 1.54. The first-order valence-corrected chi connectivity index (χ1v) is 8.00. The van der Waals surface area contributed by atoms with E-state index in [2.05, 4.69) is 22.8 Å². The summed E-state index contributed by atoms with van der Waals surface area (Å²) in [4.78, 5) is 12.5. The van der Waals surface area contributed by atoms with Gasteiger partial charge in [0.15, 0.2) is 0 Å². The fourth-order valence-electron chi connectivity index (χ4n) is 3.51. The standard InChI is InChI=1S/C17H24N2O2/c20-16-8-4-2-6-13(16)10-19-17(21)15-11-18-9-12-5-1-3-7-14(12)15/h1,3,5,7,13,15-16,18,20H,2,4,6,8-11H2,(H,19,21). The van der Waals surface area contributed by atoms with Gasteiger partial charge in [0.05, 0.1) is 12.0 Å². The highest BCUT2D eigenvalue weighted by Gasteiger charge is 2.28. The first-order valence-electron chi connectivity index (χ1n) is 8.00. The Morgan fingerprint density at radius 1 is 1.29 bits per heavy atom. The Balaban J connectivity index is 1.61. The lowest BCUT2D eigenvalue weighted by Gasteiger charge is -2.29. The van der Waals surface area contributed by atoms with Crippen molar-refractivity contribution in [2.45, 2.75) is 44.2 Å². The number of nitrogens with one attached hydrogen (secondary N) is 2. The Bertz CT molecular complexity index is 503. The summed E-state index contributed by atoms with van der Waals surface area (Å²) < 4.78 is 0. The molecule has 1 saturated carbocycles. The molecule has 1 aromatic rings. The fourth-order valence-corrected chi connectivity index (χ4v) is 3.51. The van der Waals surface area contributed by atoms with Gasteiger partial charge in [-0.2, -0.15) is 0 Å². The molecule has 1 aliphatic carbocycles. The van der Waals surface area contributed by atoms with Gasteiger partial charge in [0, 0.05) is 25.6 Å². The molecule has 2 aliphatic rings. The number of aliphatic hydroxyl groups excluding tert-OH is 1. The van der Waals surface area contributed by atoms with Gasteiger partial charge in [0.1, 0.15) is 0 Å². The molecule has 0 bridgehead atoms. The highest BCUT2D eigenvalue weighted by molar-refractivity contribution is 5.84. The first kappa shape index (κ1) is 14.5. The van der Waals surface area contributed by atoms with E-state index < -0.39 is 0 Å². The number of hydrogen-bond donors (Lipinski definition) is 3. The summed E-state index contributed by atoms with van der Waals surface area (Å²) in [6, 6.07) is 8.14. The predicted molar refractivity (Wildman–Crippen MR) is 81.9 cm³/mol. The summed E-state index contributed by atoms with van der Waals surface area (Å²) in [5.41, 5.74) is 2.35. The fraction of sp³-hybridized carbons (Fsp3) is 0.588. The lowest BCUT2D eigenvalue weighted by Crippen LogP contribution is -2.42. The minimum atomic E-state index is -0.254. The largest absolute Gasteiger partial charge is 0.393 e. The Kier molecular flexibility index (Phi) is 4.56. The second-order valence-corrected chi connectivity index (χ2v) is 6.24. The second kappa shape index (κ2) is 6.58. The Morgan fingerprint density at radius 3 is 2.95 bits per heavy atom. The minimum Gasteiger partial charge on any atom is -0.393 e. The highest BCUT2D eigenvalue weighted by atomic mass is 16.3. The van der Waals surface area contributed by atoms with Gasteiger partial charge in [0.25, 0.3) is 0 Å². The Morgan fingerprint density at radius 2 is 2.10 bits per heavy atom. The molecule has 4 heteroatoms. The molecule has 0 saturated heterocycles. The van der Waals surface area contributed by atoms with Crippen molar-refractivity contribution in [2.24, 2.45) is 5.92 Å². The number of carbonyl (C=O) groups excluding carboxylic acids is 1. The van der Waals surface area contributed by atoms with E-state index in [0.717, 1.165) is 37.8 Å². The molecule has 1 aromatic carbocycles. The van der Waals surface area contributed by atoms with Gasteiger partial charge < -0.3 is 15.7 Å². The van der Waals surface area contributed by atoms with E-state index in [0.29, 0.717) is 13.1 Å². The van der Waals surface area contributed by atoms with Crippen molar-refractivity contribution in [1.82, 2.24) is 10.6 Å². The van der Waals surface area contributed by atoms with Crippen LogP contribution in [0.4, 0.5) is 0 Å². The maximum atomic E-state index is 12.5. The van der Waals surface area contributed by atoms with Gasteiger partial charge in [0.2, 0.25) is 5.91 Å². The number of hydrogen-bond acceptors (Lipinski definition) is 3. The van der Waals surface area contributed by atoms with Gasteiger partial charge in [-0.3, -0.25) is 4.79 Å². The molecule has 1 amide bonds. The SMILES string of the molecule is O=C(NCC1CCCCC1O)C1CNCc2ccccc21. The van der Waals surface area contributed by atoms with E-state index in [4.69, 9.17) is 0 Å². The molecule has 21 heavy (non-hydrogen) atoms. The van der Waals surface area contributed by atoms with E-state index in [-0.39, 0.29) is 23.8 Å². The van der Waals surface area contributed by atoms with E-state index in [1.165, 1.54) is 5.56 Å². The molecule has 0 aromatic heterocycles.